The van der Waals surface area contributed by atoms with E-state index in [1.165, 1.54) is 6.92 Å². The van der Waals surface area contributed by atoms with Gasteiger partial charge in [0.1, 0.15) is 0 Å². The van der Waals surface area contributed by atoms with Crippen molar-refractivity contribution in [3.63, 3.8) is 0 Å². The van der Waals surface area contributed by atoms with Crippen molar-refractivity contribution >= 4 is 39.0 Å². The Morgan fingerprint density at radius 1 is 1.29 bits per heavy atom. The number of sulfone groups is 1. The summed E-state index contributed by atoms with van der Waals surface area (Å²) in [5, 5.41) is 10.4. The molecule has 0 bridgehead atoms. The van der Waals surface area contributed by atoms with Gasteiger partial charge in [0.15, 0.2) is 15.6 Å². The fourth-order valence-electron chi connectivity index (χ4n) is 3.01. The van der Waals surface area contributed by atoms with Crippen molar-refractivity contribution < 1.29 is 22.4 Å². The molecule has 0 aliphatic carbocycles. The van der Waals surface area contributed by atoms with Crippen molar-refractivity contribution in [1.82, 2.24) is 10.2 Å². The van der Waals surface area contributed by atoms with Crippen LogP contribution in [-0.2, 0) is 21.1 Å². The lowest BCUT2D eigenvalue weighted by atomic mass is 10.1. The smallest absolute Gasteiger partial charge is 0.277 e. The number of ketones is 1. The van der Waals surface area contributed by atoms with Crippen LogP contribution in [0.2, 0.25) is 0 Å². The SMILES string of the molecule is CC(=O)Nc1ccc(C(=O)C(C)Sc2nnc(CC3CCS(=O)(=O)C3)o2)cc1. The zero-order valence-electron chi connectivity index (χ0n) is 15.5. The molecule has 0 spiro atoms. The summed E-state index contributed by atoms with van der Waals surface area (Å²) in [5.74, 6) is 0.487. The van der Waals surface area contributed by atoms with Gasteiger partial charge in [-0.05, 0) is 43.5 Å². The highest BCUT2D eigenvalue weighted by atomic mass is 32.2. The highest BCUT2D eigenvalue weighted by Crippen LogP contribution is 2.27. The van der Waals surface area contributed by atoms with Gasteiger partial charge in [0, 0.05) is 24.6 Å². The van der Waals surface area contributed by atoms with Crippen molar-refractivity contribution in [2.45, 2.75) is 37.2 Å². The zero-order chi connectivity index (χ0) is 20.3. The van der Waals surface area contributed by atoms with Crippen LogP contribution in [0.5, 0.6) is 0 Å². The first kappa shape index (κ1) is 20.5. The predicted octanol–water partition coefficient (Wildman–Crippen LogP) is 2.37. The molecule has 1 aliphatic rings. The molecule has 1 fully saturated rings. The Hall–Kier alpha value is -2.20. The van der Waals surface area contributed by atoms with Crippen LogP contribution in [0.3, 0.4) is 0 Å². The van der Waals surface area contributed by atoms with Crippen LogP contribution in [0, 0.1) is 5.92 Å². The number of nitrogens with one attached hydrogen (secondary N) is 1. The normalized spacial score (nSPS) is 19.3. The molecule has 1 aromatic heterocycles. The Bertz CT molecular complexity index is 969. The number of carbonyl (C=O) groups excluding carboxylic acids is 2. The molecule has 2 heterocycles. The summed E-state index contributed by atoms with van der Waals surface area (Å²) >= 11 is 1.16. The number of carbonyl (C=O) groups is 2. The second-order valence-corrected chi connectivity index (χ2v) is 10.3. The first-order valence-electron chi connectivity index (χ1n) is 8.83. The van der Waals surface area contributed by atoms with E-state index >= 15 is 0 Å². The van der Waals surface area contributed by atoms with Crippen molar-refractivity contribution in [2.24, 2.45) is 5.92 Å². The molecule has 1 aliphatic heterocycles. The Labute approximate surface area is 167 Å². The molecule has 10 heteroatoms. The quantitative estimate of drug-likeness (QED) is 0.532. The van der Waals surface area contributed by atoms with Gasteiger partial charge in [-0.15, -0.1) is 10.2 Å². The number of hydrogen-bond acceptors (Lipinski definition) is 8. The maximum absolute atomic E-state index is 12.6. The minimum Gasteiger partial charge on any atom is -0.416 e. The number of benzene rings is 1. The largest absolute Gasteiger partial charge is 0.416 e. The van der Waals surface area contributed by atoms with E-state index in [1.807, 2.05) is 0 Å². The molecule has 8 nitrogen and oxygen atoms in total. The van der Waals surface area contributed by atoms with Gasteiger partial charge in [-0.25, -0.2) is 8.42 Å². The van der Waals surface area contributed by atoms with Gasteiger partial charge in [0.05, 0.1) is 16.8 Å². The second-order valence-electron chi connectivity index (χ2n) is 6.82. The molecule has 0 saturated carbocycles. The summed E-state index contributed by atoms with van der Waals surface area (Å²) in [6.07, 6.45) is 1.04. The van der Waals surface area contributed by atoms with E-state index in [0.717, 1.165) is 11.8 Å². The predicted molar refractivity (Wildman–Crippen MR) is 105 cm³/mol. The minimum atomic E-state index is -2.94. The summed E-state index contributed by atoms with van der Waals surface area (Å²) < 4.78 is 28.7. The standard InChI is InChI=1S/C18H21N3O5S2/c1-11(17(23)14-3-5-15(6-4-14)19-12(2)22)27-18-21-20-16(26-18)9-13-7-8-28(24,25)10-13/h3-6,11,13H,7-10H2,1-2H3,(H,19,22). The lowest BCUT2D eigenvalue weighted by Crippen LogP contribution is -2.13. The van der Waals surface area contributed by atoms with E-state index in [2.05, 4.69) is 15.5 Å². The minimum absolute atomic E-state index is 0.00415. The summed E-state index contributed by atoms with van der Waals surface area (Å²) in [6.45, 7) is 3.17. The van der Waals surface area contributed by atoms with Crippen LogP contribution in [0.1, 0.15) is 36.5 Å². The molecule has 3 rings (SSSR count). The van der Waals surface area contributed by atoms with Crippen molar-refractivity contribution in [1.29, 1.82) is 0 Å². The number of rotatable bonds is 7. The lowest BCUT2D eigenvalue weighted by Gasteiger charge is -2.08. The monoisotopic (exact) mass is 423 g/mol. The molecule has 1 N–H and O–H groups in total. The number of anilines is 1. The van der Waals surface area contributed by atoms with Gasteiger partial charge in [-0.1, -0.05) is 11.8 Å². The van der Waals surface area contributed by atoms with E-state index in [0.29, 0.717) is 30.0 Å². The summed E-state index contributed by atoms with van der Waals surface area (Å²) in [7, 11) is -2.94. The molecule has 1 amide bonds. The number of nitrogens with zero attached hydrogens (tertiary/aromatic N) is 2. The molecule has 1 aromatic carbocycles. The highest BCUT2D eigenvalue weighted by molar-refractivity contribution is 8.00. The van der Waals surface area contributed by atoms with Gasteiger partial charge in [0.25, 0.3) is 5.22 Å². The molecule has 2 atom stereocenters. The first-order valence-corrected chi connectivity index (χ1v) is 11.5. The average molecular weight is 424 g/mol. The Morgan fingerprint density at radius 2 is 2.00 bits per heavy atom. The fraction of sp³-hybridized carbons (Fsp3) is 0.444. The molecular weight excluding hydrogens is 402 g/mol. The number of hydrogen-bond donors (Lipinski definition) is 1. The molecule has 28 heavy (non-hydrogen) atoms. The van der Waals surface area contributed by atoms with Crippen molar-refractivity contribution in [2.75, 3.05) is 16.8 Å². The van der Waals surface area contributed by atoms with E-state index in [9.17, 15) is 18.0 Å². The topological polar surface area (TPSA) is 119 Å². The third-order valence-corrected chi connectivity index (χ3v) is 7.15. The van der Waals surface area contributed by atoms with E-state index in [1.54, 1.807) is 31.2 Å². The van der Waals surface area contributed by atoms with Gasteiger partial charge in [-0.3, -0.25) is 9.59 Å². The van der Waals surface area contributed by atoms with Crippen molar-refractivity contribution in [3.8, 4) is 0 Å². The zero-order valence-corrected chi connectivity index (χ0v) is 17.2. The third-order valence-electron chi connectivity index (χ3n) is 4.37. The summed E-state index contributed by atoms with van der Waals surface area (Å²) in [4.78, 5) is 23.6. The van der Waals surface area contributed by atoms with E-state index in [-0.39, 0.29) is 34.3 Å². The van der Waals surface area contributed by atoms with Gasteiger partial charge < -0.3 is 9.73 Å². The molecule has 150 valence electrons. The maximum Gasteiger partial charge on any atom is 0.277 e. The average Bonchev–Trinajstić information content (AvgIpc) is 3.20. The van der Waals surface area contributed by atoms with Crippen LogP contribution in [0.25, 0.3) is 0 Å². The molecule has 0 radical (unpaired) electrons. The molecule has 2 unspecified atom stereocenters. The van der Waals surface area contributed by atoms with Crippen LogP contribution in [0.15, 0.2) is 33.9 Å². The van der Waals surface area contributed by atoms with E-state index < -0.39 is 15.1 Å². The van der Waals surface area contributed by atoms with Gasteiger partial charge in [0.2, 0.25) is 11.8 Å². The second kappa shape index (κ2) is 8.44. The number of thioether (sulfide) groups is 1. The fourth-order valence-corrected chi connectivity index (χ4v) is 5.65. The molecule has 2 aromatic rings. The van der Waals surface area contributed by atoms with Crippen LogP contribution in [-0.4, -0.2) is 47.1 Å². The highest BCUT2D eigenvalue weighted by Gasteiger charge is 2.29. The third kappa shape index (κ3) is 5.41. The molecular formula is C18H21N3O5S2. The molecule has 1 saturated heterocycles. The van der Waals surface area contributed by atoms with Crippen LogP contribution >= 0.6 is 11.8 Å². The van der Waals surface area contributed by atoms with Crippen LogP contribution in [0.4, 0.5) is 5.69 Å². The number of amides is 1. The van der Waals surface area contributed by atoms with E-state index in [4.69, 9.17) is 4.42 Å². The Morgan fingerprint density at radius 3 is 2.61 bits per heavy atom. The first-order chi connectivity index (χ1) is 13.2. The number of aromatic nitrogens is 2. The lowest BCUT2D eigenvalue weighted by molar-refractivity contribution is -0.114. The van der Waals surface area contributed by atoms with Gasteiger partial charge >= 0.3 is 0 Å². The maximum atomic E-state index is 12.6. The van der Waals surface area contributed by atoms with Crippen molar-refractivity contribution in [3.05, 3.63) is 35.7 Å². The number of Topliss-reactive ketones (excluding diaryl/α,β-unsaturated/α-hetero) is 1. The summed E-state index contributed by atoms with van der Waals surface area (Å²) in [5.41, 5.74) is 1.14. The summed E-state index contributed by atoms with van der Waals surface area (Å²) in [6, 6.07) is 6.66. The Kier molecular flexibility index (Phi) is 6.19. The van der Waals surface area contributed by atoms with Crippen LogP contribution < -0.4 is 5.32 Å². The van der Waals surface area contributed by atoms with Gasteiger partial charge in [-0.2, -0.15) is 0 Å². The Balaban J connectivity index is 1.57.